The molecule has 5 nitrogen and oxygen atoms in total. The molecule has 0 spiro atoms. The van der Waals surface area contributed by atoms with Crippen molar-refractivity contribution in [1.29, 1.82) is 0 Å². The van der Waals surface area contributed by atoms with Crippen LogP contribution in [0.25, 0.3) is 0 Å². The van der Waals surface area contributed by atoms with E-state index in [1.54, 1.807) is 29.2 Å². The molecule has 0 bridgehead atoms. The fourth-order valence-corrected chi connectivity index (χ4v) is 2.49. The first-order valence-corrected chi connectivity index (χ1v) is 7.89. The van der Waals surface area contributed by atoms with Crippen LogP contribution in [0, 0.1) is 0 Å². The zero-order valence-electron chi connectivity index (χ0n) is 11.8. The second-order valence-corrected chi connectivity index (χ2v) is 5.86. The molecule has 3 aromatic rings. The van der Waals surface area contributed by atoms with Gasteiger partial charge in [-0.15, -0.1) is 0 Å². The van der Waals surface area contributed by atoms with Crippen molar-refractivity contribution in [2.75, 3.05) is 0 Å². The van der Waals surface area contributed by atoms with Crippen LogP contribution in [0.1, 0.15) is 15.9 Å². The number of benzene rings is 1. The Morgan fingerprint density at radius 1 is 1.26 bits per heavy atom. The quantitative estimate of drug-likeness (QED) is 0.498. The van der Waals surface area contributed by atoms with Gasteiger partial charge in [-0.2, -0.15) is 5.10 Å². The molecule has 0 aliphatic rings. The van der Waals surface area contributed by atoms with Gasteiger partial charge in [0, 0.05) is 17.4 Å². The third-order valence-electron chi connectivity index (χ3n) is 3.09. The van der Waals surface area contributed by atoms with E-state index < -0.39 is 5.97 Å². The Morgan fingerprint density at radius 2 is 2.09 bits per heavy atom. The molecule has 0 aliphatic carbocycles. The largest absolute Gasteiger partial charge is 0.420 e. The highest BCUT2D eigenvalue weighted by Gasteiger charge is 2.14. The van der Waals surface area contributed by atoms with Gasteiger partial charge >= 0.3 is 5.97 Å². The van der Waals surface area contributed by atoms with Gasteiger partial charge in [-0.3, -0.25) is 4.68 Å². The maximum Gasteiger partial charge on any atom is 0.346 e. The highest BCUT2D eigenvalue weighted by molar-refractivity contribution is 9.10. The molecular weight excluding hydrogens is 382 g/mol. The van der Waals surface area contributed by atoms with Crippen LogP contribution < -0.4 is 4.74 Å². The van der Waals surface area contributed by atoms with Crippen molar-refractivity contribution in [3.05, 3.63) is 75.7 Å². The van der Waals surface area contributed by atoms with E-state index in [1.807, 2.05) is 24.3 Å². The normalized spacial score (nSPS) is 10.5. The topological polar surface area (TPSA) is 57.0 Å². The maximum atomic E-state index is 12.1. The number of hydrogen-bond acceptors (Lipinski definition) is 4. The van der Waals surface area contributed by atoms with Gasteiger partial charge in [0.05, 0.1) is 18.3 Å². The molecule has 0 N–H and O–H groups in total. The third-order valence-corrected chi connectivity index (χ3v) is 4.05. The number of nitrogens with zero attached hydrogens (tertiary/aromatic N) is 3. The zero-order valence-corrected chi connectivity index (χ0v) is 14.2. The van der Waals surface area contributed by atoms with Gasteiger partial charge in [0.2, 0.25) is 0 Å². The van der Waals surface area contributed by atoms with Crippen LogP contribution in [0.4, 0.5) is 0 Å². The van der Waals surface area contributed by atoms with E-state index in [-0.39, 0.29) is 0 Å². The maximum absolute atomic E-state index is 12.1. The number of halogens is 2. The van der Waals surface area contributed by atoms with Crippen molar-refractivity contribution in [1.82, 2.24) is 14.8 Å². The van der Waals surface area contributed by atoms with Gasteiger partial charge in [-0.05, 0) is 39.7 Å². The second kappa shape index (κ2) is 6.93. The molecule has 0 atom stereocenters. The lowest BCUT2D eigenvalue weighted by Crippen LogP contribution is -2.08. The van der Waals surface area contributed by atoms with E-state index in [9.17, 15) is 4.79 Å². The first-order valence-electron chi connectivity index (χ1n) is 6.72. The lowest BCUT2D eigenvalue weighted by Gasteiger charge is -2.04. The molecule has 0 saturated heterocycles. The lowest BCUT2D eigenvalue weighted by atomic mass is 10.2. The van der Waals surface area contributed by atoms with E-state index in [0.717, 1.165) is 5.56 Å². The van der Waals surface area contributed by atoms with Crippen molar-refractivity contribution in [2.24, 2.45) is 0 Å². The first kappa shape index (κ1) is 15.7. The summed E-state index contributed by atoms with van der Waals surface area (Å²) in [4.78, 5) is 16.1. The SMILES string of the molecule is O=C(Oc1cccnc1Br)c1cnn(Cc2ccccc2Cl)c1. The molecule has 23 heavy (non-hydrogen) atoms. The molecule has 0 unspecified atom stereocenters. The second-order valence-electron chi connectivity index (χ2n) is 4.70. The fraction of sp³-hybridized carbons (Fsp3) is 0.0625. The molecule has 3 rings (SSSR count). The number of carbonyl (C=O) groups is 1. The number of rotatable bonds is 4. The Hall–Kier alpha value is -2.18. The van der Waals surface area contributed by atoms with Crippen molar-refractivity contribution in [2.45, 2.75) is 6.54 Å². The summed E-state index contributed by atoms with van der Waals surface area (Å²) in [7, 11) is 0. The van der Waals surface area contributed by atoms with Gasteiger partial charge in [0.15, 0.2) is 5.75 Å². The molecular formula is C16H11BrClN3O2. The van der Waals surface area contributed by atoms with Crippen LogP contribution in [0.15, 0.2) is 59.6 Å². The molecule has 0 fully saturated rings. The van der Waals surface area contributed by atoms with Crippen LogP contribution in [-0.4, -0.2) is 20.7 Å². The molecule has 2 heterocycles. The molecule has 1 aromatic carbocycles. The number of ether oxygens (including phenoxy) is 1. The van der Waals surface area contributed by atoms with Gasteiger partial charge in [0.25, 0.3) is 0 Å². The van der Waals surface area contributed by atoms with Crippen molar-refractivity contribution >= 4 is 33.5 Å². The minimum Gasteiger partial charge on any atom is -0.420 e. The summed E-state index contributed by atoms with van der Waals surface area (Å²) in [6.45, 7) is 0.476. The van der Waals surface area contributed by atoms with E-state index in [4.69, 9.17) is 16.3 Å². The Labute approximate surface area is 146 Å². The molecule has 116 valence electrons. The smallest absolute Gasteiger partial charge is 0.346 e. The van der Waals surface area contributed by atoms with Crippen molar-refractivity contribution in [3.63, 3.8) is 0 Å². The number of carbonyl (C=O) groups excluding carboxylic acids is 1. The predicted molar refractivity (Wildman–Crippen MR) is 89.7 cm³/mol. The highest BCUT2D eigenvalue weighted by Crippen LogP contribution is 2.22. The van der Waals surface area contributed by atoms with E-state index in [2.05, 4.69) is 26.0 Å². The standard InChI is InChI=1S/C16H11BrClN3O2/c17-15-14(6-3-7-19-15)23-16(22)12-8-20-21(10-12)9-11-4-1-2-5-13(11)18/h1-8,10H,9H2. The number of esters is 1. The zero-order chi connectivity index (χ0) is 16.2. The molecule has 0 amide bonds. The van der Waals surface area contributed by atoms with E-state index in [0.29, 0.717) is 27.5 Å². The monoisotopic (exact) mass is 391 g/mol. The number of aromatic nitrogens is 3. The van der Waals surface area contributed by atoms with Crippen molar-refractivity contribution < 1.29 is 9.53 Å². The number of pyridine rings is 1. The van der Waals surface area contributed by atoms with E-state index in [1.165, 1.54) is 6.20 Å². The summed E-state index contributed by atoms with van der Waals surface area (Å²) in [5, 5.41) is 4.83. The Morgan fingerprint density at radius 3 is 2.87 bits per heavy atom. The predicted octanol–water partition coefficient (Wildman–Crippen LogP) is 3.96. The summed E-state index contributed by atoms with van der Waals surface area (Å²) in [5.74, 6) is -0.138. The van der Waals surface area contributed by atoms with Gasteiger partial charge in [0.1, 0.15) is 4.60 Å². The average Bonchev–Trinajstić information content (AvgIpc) is 3.01. The molecule has 0 aliphatic heterocycles. The van der Waals surface area contributed by atoms with Gasteiger partial charge in [-0.1, -0.05) is 29.8 Å². The van der Waals surface area contributed by atoms with Crippen LogP contribution >= 0.6 is 27.5 Å². The molecule has 0 radical (unpaired) electrons. The summed E-state index contributed by atoms with van der Waals surface area (Å²) >= 11 is 9.35. The Kier molecular flexibility index (Phi) is 4.73. The molecule has 7 heteroatoms. The average molecular weight is 393 g/mol. The number of hydrogen-bond donors (Lipinski definition) is 0. The van der Waals surface area contributed by atoms with Crippen LogP contribution in [0.3, 0.4) is 0 Å². The minimum atomic E-state index is -0.496. The summed E-state index contributed by atoms with van der Waals surface area (Å²) in [5.41, 5.74) is 1.28. The van der Waals surface area contributed by atoms with Gasteiger partial charge < -0.3 is 4.74 Å². The third kappa shape index (κ3) is 3.78. The Bertz CT molecular complexity index is 851. The van der Waals surface area contributed by atoms with Crippen molar-refractivity contribution in [3.8, 4) is 5.75 Å². The molecule has 0 saturated carbocycles. The summed E-state index contributed by atoms with van der Waals surface area (Å²) in [6.07, 6.45) is 4.68. The van der Waals surface area contributed by atoms with E-state index >= 15 is 0 Å². The lowest BCUT2D eigenvalue weighted by molar-refractivity contribution is 0.0732. The minimum absolute atomic E-state index is 0.354. The summed E-state index contributed by atoms with van der Waals surface area (Å²) < 4.78 is 7.40. The highest BCUT2D eigenvalue weighted by atomic mass is 79.9. The van der Waals surface area contributed by atoms with Crippen LogP contribution in [0.2, 0.25) is 5.02 Å². The fourth-order valence-electron chi connectivity index (χ4n) is 1.96. The van der Waals surface area contributed by atoms with Gasteiger partial charge in [-0.25, -0.2) is 9.78 Å². The summed E-state index contributed by atoms with van der Waals surface area (Å²) in [6, 6.07) is 10.8. The molecule has 2 aromatic heterocycles. The van der Waals surface area contributed by atoms with Crippen LogP contribution in [0.5, 0.6) is 5.75 Å². The van der Waals surface area contributed by atoms with Crippen LogP contribution in [-0.2, 0) is 6.54 Å². The Balaban J connectivity index is 1.73. The first-order chi connectivity index (χ1) is 11.1.